The second-order valence-corrected chi connectivity index (χ2v) is 6.66. The van der Waals surface area contributed by atoms with E-state index in [1.807, 2.05) is 30.3 Å². The lowest BCUT2D eigenvalue weighted by Gasteiger charge is -2.13. The van der Waals surface area contributed by atoms with Crippen molar-refractivity contribution in [2.45, 2.75) is 26.2 Å². The van der Waals surface area contributed by atoms with Gasteiger partial charge in [0.05, 0.1) is 29.4 Å². The first-order valence-corrected chi connectivity index (χ1v) is 8.61. The molecule has 0 aliphatic heterocycles. The summed E-state index contributed by atoms with van der Waals surface area (Å²) in [7, 11) is 0. The summed E-state index contributed by atoms with van der Waals surface area (Å²) in [5.74, 6) is 0. The fourth-order valence-corrected chi connectivity index (χ4v) is 2.95. The number of hydrogen-bond donors (Lipinski definition) is 0. The fraction of sp³-hybridized carbons (Fsp3) is 0.211. The molecule has 2 heterocycles. The van der Waals surface area contributed by atoms with Gasteiger partial charge in [-0.25, -0.2) is 4.79 Å². The first kappa shape index (κ1) is 19.9. The topological polar surface area (TPSA) is 56.9 Å². The molecule has 0 spiro atoms. The standard InChI is InChI=1S/C19H15ClF3N3O2/c1-12-9-25(10-13-5-3-2-4-6-13)18(28)26(17(12)27)11-16-15(20)7-14(8-24-16)19(21,22)23/h2-9H,10-11H2,1H3. The van der Waals surface area contributed by atoms with Crippen molar-refractivity contribution in [3.05, 3.63) is 97.0 Å². The second kappa shape index (κ2) is 7.63. The van der Waals surface area contributed by atoms with Crippen LogP contribution in [-0.4, -0.2) is 14.1 Å². The Bertz CT molecular complexity index is 1120. The molecule has 0 unspecified atom stereocenters. The highest BCUT2D eigenvalue weighted by atomic mass is 35.5. The van der Waals surface area contributed by atoms with E-state index in [1.54, 1.807) is 6.92 Å². The molecule has 146 valence electrons. The van der Waals surface area contributed by atoms with Crippen molar-refractivity contribution < 1.29 is 13.2 Å². The normalized spacial score (nSPS) is 11.6. The monoisotopic (exact) mass is 409 g/mol. The highest BCUT2D eigenvalue weighted by molar-refractivity contribution is 6.31. The van der Waals surface area contributed by atoms with E-state index in [0.29, 0.717) is 11.8 Å². The maximum absolute atomic E-state index is 12.8. The van der Waals surface area contributed by atoms with Crippen LogP contribution in [0, 0.1) is 6.92 Å². The summed E-state index contributed by atoms with van der Waals surface area (Å²) in [6.07, 6.45) is -2.50. The van der Waals surface area contributed by atoms with E-state index in [0.717, 1.165) is 16.2 Å². The van der Waals surface area contributed by atoms with Crippen LogP contribution >= 0.6 is 11.6 Å². The molecule has 0 bridgehead atoms. The van der Waals surface area contributed by atoms with Crippen LogP contribution in [0.1, 0.15) is 22.4 Å². The Morgan fingerprint density at radius 1 is 1.11 bits per heavy atom. The molecule has 0 amide bonds. The Labute approximate surface area is 162 Å². The van der Waals surface area contributed by atoms with Crippen molar-refractivity contribution in [3.8, 4) is 0 Å². The third-order valence-corrected chi connectivity index (χ3v) is 4.48. The number of halogens is 4. The van der Waals surface area contributed by atoms with Gasteiger partial charge in [-0.15, -0.1) is 0 Å². The predicted octanol–water partition coefficient (Wildman–Crippen LogP) is 3.48. The number of alkyl halides is 3. The maximum Gasteiger partial charge on any atom is 0.417 e. The highest BCUT2D eigenvalue weighted by Gasteiger charge is 2.31. The van der Waals surface area contributed by atoms with E-state index in [4.69, 9.17) is 11.6 Å². The first-order valence-electron chi connectivity index (χ1n) is 8.23. The molecule has 0 saturated carbocycles. The molecule has 28 heavy (non-hydrogen) atoms. The van der Waals surface area contributed by atoms with Gasteiger partial charge in [0, 0.05) is 18.0 Å². The van der Waals surface area contributed by atoms with Crippen LogP contribution < -0.4 is 11.2 Å². The van der Waals surface area contributed by atoms with Crippen LogP contribution in [0.25, 0.3) is 0 Å². The van der Waals surface area contributed by atoms with Gasteiger partial charge in [0.1, 0.15) is 0 Å². The smallest absolute Gasteiger partial charge is 0.296 e. The SMILES string of the molecule is Cc1cn(Cc2ccccc2)c(=O)n(Cc2ncc(C(F)(F)F)cc2Cl)c1=O. The molecule has 0 atom stereocenters. The van der Waals surface area contributed by atoms with Gasteiger partial charge in [0.15, 0.2) is 0 Å². The molecular weight excluding hydrogens is 395 g/mol. The number of hydrogen-bond acceptors (Lipinski definition) is 3. The number of pyridine rings is 1. The molecule has 0 N–H and O–H groups in total. The van der Waals surface area contributed by atoms with Gasteiger partial charge in [0.25, 0.3) is 5.56 Å². The molecule has 2 aromatic heterocycles. The Hall–Kier alpha value is -2.87. The molecule has 9 heteroatoms. The van der Waals surface area contributed by atoms with E-state index in [1.165, 1.54) is 10.8 Å². The van der Waals surface area contributed by atoms with E-state index in [-0.39, 0.29) is 23.8 Å². The summed E-state index contributed by atoms with van der Waals surface area (Å²) in [5.41, 5.74) is -0.965. The molecule has 0 fully saturated rings. The zero-order valence-corrected chi connectivity index (χ0v) is 15.5. The number of rotatable bonds is 4. The zero-order valence-electron chi connectivity index (χ0n) is 14.7. The minimum absolute atomic E-state index is 0.00530. The summed E-state index contributed by atoms with van der Waals surface area (Å²) >= 11 is 5.91. The van der Waals surface area contributed by atoms with Gasteiger partial charge >= 0.3 is 11.9 Å². The van der Waals surface area contributed by atoms with Crippen LogP contribution in [0.15, 0.2) is 58.4 Å². The lowest BCUT2D eigenvalue weighted by atomic mass is 10.2. The molecule has 0 radical (unpaired) electrons. The molecule has 3 rings (SSSR count). The Morgan fingerprint density at radius 3 is 2.39 bits per heavy atom. The predicted molar refractivity (Wildman–Crippen MR) is 98.6 cm³/mol. The first-order chi connectivity index (χ1) is 13.2. The van der Waals surface area contributed by atoms with E-state index < -0.39 is 23.0 Å². The van der Waals surface area contributed by atoms with Gasteiger partial charge in [-0.05, 0) is 18.6 Å². The van der Waals surface area contributed by atoms with Gasteiger partial charge in [0.2, 0.25) is 0 Å². The third-order valence-electron chi connectivity index (χ3n) is 4.16. The summed E-state index contributed by atoms with van der Waals surface area (Å²) in [4.78, 5) is 28.9. The van der Waals surface area contributed by atoms with Crippen molar-refractivity contribution in [2.24, 2.45) is 0 Å². The minimum atomic E-state index is -4.59. The minimum Gasteiger partial charge on any atom is -0.296 e. The van der Waals surface area contributed by atoms with Crippen molar-refractivity contribution in [1.82, 2.24) is 14.1 Å². The Kier molecular flexibility index (Phi) is 5.42. The summed E-state index contributed by atoms with van der Waals surface area (Å²) < 4.78 is 40.6. The van der Waals surface area contributed by atoms with Gasteiger partial charge < -0.3 is 0 Å². The average molecular weight is 410 g/mol. The molecular formula is C19H15ClF3N3O2. The van der Waals surface area contributed by atoms with Crippen LogP contribution in [0.4, 0.5) is 13.2 Å². The number of aromatic nitrogens is 3. The van der Waals surface area contributed by atoms with Crippen LogP contribution in [-0.2, 0) is 19.3 Å². The summed E-state index contributed by atoms with van der Waals surface area (Å²) in [6.45, 7) is 1.47. The highest BCUT2D eigenvalue weighted by Crippen LogP contribution is 2.31. The number of benzene rings is 1. The van der Waals surface area contributed by atoms with Crippen LogP contribution in [0.2, 0.25) is 5.02 Å². The number of nitrogens with zero attached hydrogens (tertiary/aromatic N) is 3. The van der Waals surface area contributed by atoms with Gasteiger partial charge in [-0.1, -0.05) is 41.9 Å². The lowest BCUT2D eigenvalue weighted by molar-refractivity contribution is -0.137. The van der Waals surface area contributed by atoms with Crippen LogP contribution in [0.3, 0.4) is 0 Å². The average Bonchev–Trinajstić information content (AvgIpc) is 2.64. The lowest BCUT2D eigenvalue weighted by Crippen LogP contribution is -2.41. The largest absolute Gasteiger partial charge is 0.417 e. The van der Waals surface area contributed by atoms with Crippen molar-refractivity contribution in [3.63, 3.8) is 0 Å². The van der Waals surface area contributed by atoms with E-state index >= 15 is 0 Å². The molecule has 5 nitrogen and oxygen atoms in total. The number of aryl methyl sites for hydroxylation is 1. The molecule has 1 aromatic carbocycles. The van der Waals surface area contributed by atoms with E-state index in [9.17, 15) is 22.8 Å². The van der Waals surface area contributed by atoms with Crippen molar-refractivity contribution >= 4 is 11.6 Å². The molecule has 3 aromatic rings. The Morgan fingerprint density at radius 2 is 1.79 bits per heavy atom. The summed E-state index contributed by atoms with van der Waals surface area (Å²) in [5, 5.41) is -0.266. The van der Waals surface area contributed by atoms with E-state index in [2.05, 4.69) is 4.98 Å². The maximum atomic E-state index is 12.8. The summed E-state index contributed by atoms with van der Waals surface area (Å²) in [6, 6.07) is 9.91. The molecule has 0 aliphatic carbocycles. The zero-order chi connectivity index (χ0) is 20.5. The molecule has 0 saturated heterocycles. The molecule has 0 aliphatic rings. The van der Waals surface area contributed by atoms with Crippen molar-refractivity contribution in [2.75, 3.05) is 0 Å². The quantitative estimate of drug-likeness (QED) is 0.663. The Balaban J connectivity index is 2.01. The fourth-order valence-electron chi connectivity index (χ4n) is 2.72. The van der Waals surface area contributed by atoms with Gasteiger partial charge in [-0.3, -0.25) is 18.9 Å². The van der Waals surface area contributed by atoms with Gasteiger partial charge in [-0.2, -0.15) is 13.2 Å². The third kappa shape index (κ3) is 4.17. The van der Waals surface area contributed by atoms with Crippen LogP contribution in [0.5, 0.6) is 0 Å². The second-order valence-electron chi connectivity index (χ2n) is 6.25. The van der Waals surface area contributed by atoms with Crippen molar-refractivity contribution in [1.29, 1.82) is 0 Å².